The summed E-state index contributed by atoms with van der Waals surface area (Å²) in [6.07, 6.45) is 0. The number of nitrogens with two attached hydrogens (primary N) is 1. The number of hydrogen-bond donors (Lipinski definition) is 2. The molecule has 6 heteroatoms. The molecular weight excluding hydrogens is 284 g/mol. The molecular formula is C15H20N4OS. The molecule has 5 nitrogen and oxygen atoms in total. The van der Waals surface area contributed by atoms with Crippen LogP contribution in [-0.2, 0) is 13.1 Å². The number of hydrogen-bond acceptors (Lipinski definition) is 5. The van der Waals surface area contributed by atoms with Crippen molar-refractivity contribution in [1.82, 2.24) is 9.88 Å². The van der Waals surface area contributed by atoms with Crippen LogP contribution in [0.4, 0.5) is 5.69 Å². The molecule has 0 unspecified atom stereocenters. The Labute approximate surface area is 128 Å². The minimum atomic E-state index is -0.199. The summed E-state index contributed by atoms with van der Waals surface area (Å²) in [4.78, 5) is 18.5. The SMILES string of the molecule is Cc1ccc(NC(=O)c2csc(CN)n2)c(CN(C)C)c1. The number of nitrogens with zero attached hydrogens (tertiary/aromatic N) is 2. The van der Waals surface area contributed by atoms with Gasteiger partial charge in [-0.15, -0.1) is 11.3 Å². The van der Waals surface area contributed by atoms with Crippen molar-refractivity contribution in [2.75, 3.05) is 19.4 Å². The highest BCUT2D eigenvalue weighted by Crippen LogP contribution is 2.20. The van der Waals surface area contributed by atoms with Crippen LogP contribution in [0.2, 0.25) is 0 Å². The first-order valence-electron chi connectivity index (χ1n) is 6.69. The molecule has 0 bridgehead atoms. The Morgan fingerprint density at radius 1 is 1.43 bits per heavy atom. The van der Waals surface area contributed by atoms with Gasteiger partial charge in [0.1, 0.15) is 10.7 Å². The Hall–Kier alpha value is -1.76. The smallest absolute Gasteiger partial charge is 0.275 e. The Bertz CT molecular complexity index is 636. The van der Waals surface area contributed by atoms with Gasteiger partial charge in [-0.1, -0.05) is 17.7 Å². The Morgan fingerprint density at radius 2 is 2.19 bits per heavy atom. The lowest BCUT2D eigenvalue weighted by atomic mass is 10.1. The predicted molar refractivity (Wildman–Crippen MR) is 86.5 cm³/mol. The third kappa shape index (κ3) is 4.10. The maximum atomic E-state index is 12.2. The number of carbonyl (C=O) groups excluding carboxylic acids is 1. The van der Waals surface area contributed by atoms with E-state index >= 15 is 0 Å². The summed E-state index contributed by atoms with van der Waals surface area (Å²) in [5.41, 5.74) is 9.01. The average molecular weight is 304 g/mol. The summed E-state index contributed by atoms with van der Waals surface area (Å²) in [6.45, 7) is 3.16. The summed E-state index contributed by atoms with van der Waals surface area (Å²) in [6, 6.07) is 6.01. The van der Waals surface area contributed by atoms with Crippen molar-refractivity contribution in [2.45, 2.75) is 20.0 Å². The van der Waals surface area contributed by atoms with E-state index in [1.54, 1.807) is 5.38 Å². The minimum absolute atomic E-state index is 0.199. The molecule has 1 heterocycles. The van der Waals surface area contributed by atoms with E-state index in [0.29, 0.717) is 12.2 Å². The van der Waals surface area contributed by atoms with E-state index in [9.17, 15) is 4.79 Å². The summed E-state index contributed by atoms with van der Waals surface area (Å²) < 4.78 is 0. The molecule has 2 aromatic rings. The molecule has 2 rings (SSSR count). The lowest BCUT2D eigenvalue weighted by molar-refractivity contribution is 0.102. The van der Waals surface area contributed by atoms with Gasteiger partial charge in [-0.3, -0.25) is 4.79 Å². The first kappa shape index (κ1) is 15.6. The van der Waals surface area contributed by atoms with Gasteiger partial charge < -0.3 is 16.0 Å². The lowest BCUT2D eigenvalue weighted by Gasteiger charge is -2.15. The maximum Gasteiger partial charge on any atom is 0.275 e. The normalized spacial score (nSPS) is 10.9. The van der Waals surface area contributed by atoms with Crippen LogP contribution >= 0.6 is 11.3 Å². The summed E-state index contributed by atoms with van der Waals surface area (Å²) in [7, 11) is 4.00. The molecule has 21 heavy (non-hydrogen) atoms. The second-order valence-corrected chi connectivity index (χ2v) is 6.13. The highest BCUT2D eigenvalue weighted by atomic mass is 32.1. The lowest BCUT2D eigenvalue weighted by Crippen LogP contribution is -2.17. The topological polar surface area (TPSA) is 71.2 Å². The first-order chi connectivity index (χ1) is 9.99. The van der Waals surface area contributed by atoms with Gasteiger partial charge in [-0.05, 0) is 32.6 Å². The molecule has 3 N–H and O–H groups in total. The van der Waals surface area contributed by atoms with Crippen molar-refractivity contribution in [3.8, 4) is 0 Å². The highest BCUT2D eigenvalue weighted by molar-refractivity contribution is 7.09. The van der Waals surface area contributed by atoms with Gasteiger partial charge in [0.15, 0.2) is 0 Å². The molecule has 0 saturated carbocycles. The molecule has 1 amide bonds. The number of anilines is 1. The largest absolute Gasteiger partial charge is 0.325 e. The van der Waals surface area contributed by atoms with Crippen LogP contribution in [0.15, 0.2) is 23.6 Å². The Kier molecular flexibility index (Phi) is 5.06. The molecule has 0 aliphatic carbocycles. The average Bonchev–Trinajstić information content (AvgIpc) is 2.90. The molecule has 0 fully saturated rings. The van der Waals surface area contributed by atoms with Crippen LogP contribution < -0.4 is 11.1 Å². The van der Waals surface area contributed by atoms with Crippen LogP contribution in [0.25, 0.3) is 0 Å². The molecule has 112 valence electrons. The third-order valence-corrected chi connectivity index (χ3v) is 3.83. The number of thiazole rings is 1. The summed E-state index contributed by atoms with van der Waals surface area (Å²) in [5.74, 6) is -0.199. The molecule has 0 aliphatic heterocycles. The fourth-order valence-corrected chi connectivity index (χ4v) is 2.67. The number of nitrogens with one attached hydrogen (secondary N) is 1. The first-order valence-corrected chi connectivity index (χ1v) is 7.57. The molecule has 1 aromatic heterocycles. The monoisotopic (exact) mass is 304 g/mol. The number of amides is 1. The standard InChI is InChI=1S/C15H20N4OS/c1-10-4-5-12(11(6-10)8-19(2)3)18-15(20)13-9-21-14(7-16)17-13/h4-6,9H,7-8,16H2,1-3H3,(H,18,20). The van der Waals surface area contributed by atoms with Crippen LogP contribution in [0, 0.1) is 6.92 Å². The zero-order chi connectivity index (χ0) is 15.4. The van der Waals surface area contributed by atoms with Crippen molar-refractivity contribution in [2.24, 2.45) is 5.73 Å². The van der Waals surface area contributed by atoms with E-state index in [-0.39, 0.29) is 5.91 Å². The fourth-order valence-electron chi connectivity index (χ4n) is 2.01. The Morgan fingerprint density at radius 3 is 2.81 bits per heavy atom. The number of aryl methyl sites for hydroxylation is 1. The molecule has 0 radical (unpaired) electrons. The van der Waals surface area contributed by atoms with Gasteiger partial charge in [0, 0.05) is 24.2 Å². The van der Waals surface area contributed by atoms with Gasteiger partial charge >= 0.3 is 0 Å². The number of rotatable bonds is 5. The van der Waals surface area contributed by atoms with Crippen LogP contribution in [0.1, 0.15) is 26.6 Å². The second kappa shape index (κ2) is 6.80. The van der Waals surface area contributed by atoms with Crippen molar-refractivity contribution in [3.63, 3.8) is 0 Å². The van der Waals surface area contributed by atoms with E-state index in [1.165, 1.54) is 16.9 Å². The third-order valence-electron chi connectivity index (χ3n) is 2.95. The van der Waals surface area contributed by atoms with Gasteiger partial charge in [-0.2, -0.15) is 0 Å². The van der Waals surface area contributed by atoms with Crippen LogP contribution in [-0.4, -0.2) is 29.9 Å². The van der Waals surface area contributed by atoms with E-state index in [1.807, 2.05) is 33.2 Å². The van der Waals surface area contributed by atoms with E-state index in [0.717, 1.165) is 22.8 Å². The van der Waals surface area contributed by atoms with Gasteiger partial charge in [0.05, 0.1) is 0 Å². The fraction of sp³-hybridized carbons (Fsp3) is 0.333. The van der Waals surface area contributed by atoms with Crippen molar-refractivity contribution in [3.05, 3.63) is 45.4 Å². The minimum Gasteiger partial charge on any atom is -0.325 e. The van der Waals surface area contributed by atoms with Crippen molar-refractivity contribution in [1.29, 1.82) is 0 Å². The number of benzene rings is 1. The van der Waals surface area contributed by atoms with Gasteiger partial charge in [0.2, 0.25) is 0 Å². The Balaban J connectivity index is 2.20. The zero-order valence-corrected chi connectivity index (χ0v) is 13.3. The molecule has 0 spiro atoms. The molecule has 1 aromatic carbocycles. The van der Waals surface area contributed by atoms with E-state index < -0.39 is 0 Å². The van der Waals surface area contributed by atoms with Gasteiger partial charge in [0.25, 0.3) is 5.91 Å². The number of carbonyl (C=O) groups is 1. The maximum absolute atomic E-state index is 12.2. The quantitative estimate of drug-likeness (QED) is 0.888. The molecule has 0 aliphatic rings. The van der Waals surface area contributed by atoms with Crippen molar-refractivity contribution >= 4 is 22.9 Å². The highest BCUT2D eigenvalue weighted by Gasteiger charge is 2.13. The molecule has 0 saturated heterocycles. The van der Waals surface area contributed by atoms with Crippen LogP contribution in [0.3, 0.4) is 0 Å². The number of aromatic nitrogens is 1. The summed E-state index contributed by atoms with van der Waals surface area (Å²) >= 11 is 1.40. The van der Waals surface area contributed by atoms with Crippen LogP contribution in [0.5, 0.6) is 0 Å². The summed E-state index contributed by atoms with van der Waals surface area (Å²) in [5, 5.41) is 5.43. The second-order valence-electron chi connectivity index (χ2n) is 5.18. The van der Waals surface area contributed by atoms with Gasteiger partial charge in [-0.25, -0.2) is 4.98 Å². The zero-order valence-electron chi connectivity index (χ0n) is 12.5. The molecule has 0 atom stereocenters. The van der Waals surface area contributed by atoms with Crippen molar-refractivity contribution < 1.29 is 4.79 Å². The van der Waals surface area contributed by atoms with E-state index in [2.05, 4.69) is 21.3 Å². The predicted octanol–water partition coefficient (Wildman–Crippen LogP) is 2.22. The van der Waals surface area contributed by atoms with E-state index in [4.69, 9.17) is 5.73 Å².